The van der Waals surface area contributed by atoms with Crippen LogP contribution in [0.2, 0.25) is 0 Å². The number of nitrogens with one attached hydrogen (secondary N) is 2. The van der Waals surface area contributed by atoms with Gasteiger partial charge in [0.1, 0.15) is 0 Å². The first-order chi connectivity index (χ1) is 10.7. The number of hydrogen-bond acceptors (Lipinski definition) is 6. The van der Waals surface area contributed by atoms with E-state index in [0.29, 0.717) is 6.42 Å². The molecule has 23 heavy (non-hydrogen) atoms. The SMILES string of the molecule is CC(C)C[C@H](N)C(=O)NCC(O)CNS(=O)(=O)c1ccccn1. The van der Waals surface area contributed by atoms with Crippen LogP contribution in [0.5, 0.6) is 0 Å². The highest BCUT2D eigenvalue weighted by Gasteiger charge is 2.19. The standard InChI is InChI=1S/C14H24N4O4S/c1-10(2)7-12(15)14(20)17-8-11(19)9-18-23(21,22)13-5-3-4-6-16-13/h3-6,10-12,18-19H,7-9,15H2,1-2H3,(H,17,20)/t11?,12-/m0/s1. The van der Waals surface area contributed by atoms with Crippen LogP contribution in [0.25, 0.3) is 0 Å². The summed E-state index contributed by atoms with van der Waals surface area (Å²) in [5.41, 5.74) is 5.71. The summed E-state index contributed by atoms with van der Waals surface area (Å²) in [6.07, 6.45) is 0.832. The zero-order valence-corrected chi connectivity index (χ0v) is 14.1. The van der Waals surface area contributed by atoms with E-state index in [2.05, 4.69) is 15.0 Å². The average Bonchev–Trinajstić information content (AvgIpc) is 2.50. The number of nitrogens with two attached hydrogens (primary N) is 1. The minimum Gasteiger partial charge on any atom is -0.390 e. The molecule has 0 bridgehead atoms. The van der Waals surface area contributed by atoms with E-state index >= 15 is 0 Å². The molecule has 0 saturated heterocycles. The largest absolute Gasteiger partial charge is 0.390 e. The van der Waals surface area contributed by atoms with Crippen LogP contribution in [-0.4, -0.2) is 49.7 Å². The molecule has 1 aromatic rings. The van der Waals surface area contributed by atoms with Gasteiger partial charge in [-0.1, -0.05) is 19.9 Å². The number of pyridine rings is 1. The van der Waals surface area contributed by atoms with Crippen LogP contribution in [0.4, 0.5) is 0 Å². The van der Waals surface area contributed by atoms with Gasteiger partial charge in [0, 0.05) is 19.3 Å². The van der Waals surface area contributed by atoms with Crippen molar-refractivity contribution < 1.29 is 18.3 Å². The lowest BCUT2D eigenvalue weighted by Gasteiger charge is -2.16. The number of aliphatic hydroxyl groups excluding tert-OH is 1. The second-order valence-electron chi connectivity index (χ2n) is 5.65. The van der Waals surface area contributed by atoms with Crippen molar-refractivity contribution in [1.82, 2.24) is 15.0 Å². The predicted octanol–water partition coefficient (Wildman–Crippen LogP) is -0.790. The molecule has 9 heteroatoms. The maximum Gasteiger partial charge on any atom is 0.258 e. The highest BCUT2D eigenvalue weighted by atomic mass is 32.2. The van der Waals surface area contributed by atoms with Crippen LogP contribution in [-0.2, 0) is 14.8 Å². The van der Waals surface area contributed by atoms with Crippen LogP contribution < -0.4 is 15.8 Å². The Kier molecular flexibility index (Phi) is 7.56. The Balaban J connectivity index is 2.40. The average molecular weight is 344 g/mol. The molecule has 1 aromatic heterocycles. The third kappa shape index (κ3) is 7.04. The second-order valence-corrected chi connectivity index (χ2v) is 7.37. The van der Waals surface area contributed by atoms with Gasteiger partial charge in [0.25, 0.3) is 10.0 Å². The molecule has 1 rings (SSSR count). The van der Waals surface area contributed by atoms with Crippen LogP contribution in [0.15, 0.2) is 29.4 Å². The van der Waals surface area contributed by atoms with E-state index in [9.17, 15) is 18.3 Å². The van der Waals surface area contributed by atoms with E-state index in [1.807, 2.05) is 13.8 Å². The van der Waals surface area contributed by atoms with E-state index < -0.39 is 22.2 Å². The zero-order valence-electron chi connectivity index (χ0n) is 13.3. The van der Waals surface area contributed by atoms with Crippen molar-refractivity contribution in [3.63, 3.8) is 0 Å². The summed E-state index contributed by atoms with van der Waals surface area (Å²) in [6, 6.07) is 3.85. The third-order valence-corrected chi connectivity index (χ3v) is 4.33. The second kappa shape index (κ2) is 8.92. The fraction of sp³-hybridized carbons (Fsp3) is 0.571. The molecule has 0 fully saturated rings. The van der Waals surface area contributed by atoms with Gasteiger partial charge in [0.15, 0.2) is 5.03 Å². The first kappa shape index (κ1) is 19.5. The number of rotatable bonds is 9. The molecule has 0 spiro atoms. The molecule has 2 atom stereocenters. The minimum atomic E-state index is -3.78. The smallest absolute Gasteiger partial charge is 0.258 e. The first-order valence-corrected chi connectivity index (χ1v) is 8.82. The maximum absolute atomic E-state index is 11.9. The van der Waals surface area contributed by atoms with Crippen molar-refractivity contribution in [2.45, 2.75) is 37.4 Å². The molecular formula is C14H24N4O4S. The molecule has 5 N–H and O–H groups in total. The van der Waals surface area contributed by atoms with Gasteiger partial charge in [0.05, 0.1) is 12.1 Å². The lowest BCUT2D eigenvalue weighted by molar-refractivity contribution is -0.123. The molecule has 0 saturated carbocycles. The Morgan fingerprint density at radius 1 is 1.35 bits per heavy atom. The van der Waals surface area contributed by atoms with Gasteiger partial charge >= 0.3 is 0 Å². The number of hydrogen-bond donors (Lipinski definition) is 4. The summed E-state index contributed by atoms with van der Waals surface area (Å²) >= 11 is 0. The normalized spacial score (nSPS) is 14.5. The van der Waals surface area contributed by atoms with Crippen molar-refractivity contribution in [3.8, 4) is 0 Å². The molecule has 0 aliphatic carbocycles. The van der Waals surface area contributed by atoms with Gasteiger partial charge < -0.3 is 16.2 Å². The fourth-order valence-electron chi connectivity index (χ4n) is 1.82. The molecular weight excluding hydrogens is 320 g/mol. The summed E-state index contributed by atoms with van der Waals surface area (Å²) in [5, 5.41) is 12.1. The van der Waals surface area contributed by atoms with Crippen molar-refractivity contribution in [2.75, 3.05) is 13.1 Å². The molecule has 0 aliphatic heterocycles. The zero-order chi connectivity index (χ0) is 17.5. The van der Waals surface area contributed by atoms with Gasteiger partial charge in [-0.3, -0.25) is 4.79 Å². The molecule has 0 radical (unpaired) electrons. The van der Waals surface area contributed by atoms with E-state index in [0.717, 1.165) is 0 Å². The lowest BCUT2D eigenvalue weighted by atomic mass is 10.0. The summed E-state index contributed by atoms with van der Waals surface area (Å²) < 4.78 is 26.1. The summed E-state index contributed by atoms with van der Waals surface area (Å²) in [6.45, 7) is 3.58. The number of sulfonamides is 1. The van der Waals surface area contributed by atoms with E-state index in [1.165, 1.54) is 12.3 Å². The fourth-order valence-corrected chi connectivity index (χ4v) is 2.84. The van der Waals surface area contributed by atoms with E-state index in [4.69, 9.17) is 5.73 Å². The Labute approximate surface area is 136 Å². The number of carbonyl (C=O) groups excluding carboxylic acids is 1. The lowest BCUT2D eigenvalue weighted by Crippen LogP contribution is -2.46. The van der Waals surface area contributed by atoms with Crippen molar-refractivity contribution in [1.29, 1.82) is 0 Å². The van der Waals surface area contributed by atoms with Gasteiger partial charge in [-0.2, -0.15) is 0 Å². The van der Waals surface area contributed by atoms with Gasteiger partial charge in [-0.05, 0) is 24.5 Å². The van der Waals surface area contributed by atoms with Gasteiger partial charge in [-0.25, -0.2) is 18.1 Å². The summed E-state index contributed by atoms with van der Waals surface area (Å²) in [7, 11) is -3.78. The van der Waals surface area contributed by atoms with Gasteiger partial charge in [-0.15, -0.1) is 0 Å². The van der Waals surface area contributed by atoms with Crippen LogP contribution in [0.1, 0.15) is 20.3 Å². The highest BCUT2D eigenvalue weighted by Crippen LogP contribution is 2.03. The molecule has 130 valence electrons. The molecule has 0 aliphatic rings. The Morgan fingerprint density at radius 2 is 2.04 bits per heavy atom. The number of carbonyl (C=O) groups is 1. The Morgan fingerprint density at radius 3 is 2.61 bits per heavy atom. The summed E-state index contributed by atoms with van der Waals surface area (Å²) in [5.74, 6) is -0.0869. The minimum absolute atomic E-state index is 0.0879. The molecule has 8 nitrogen and oxygen atoms in total. The number of amides is 1. The molecule has 1 unspecified atom stereocenters. The molecule has 1 amide bonds. The molecule has 1 heterocycles. The van der Waals surface area contributed by atoms with Crippen LogP contribution in [0, 0.1) is 5.92 Å². The quantitative estimate of drug-likeness (QED) is 0.464. The summed E-state index contributed by atoms with van der Waals surface area (Å²) in [4.78, 5) is 15.4. The monoisotopic (exact) mass is 344 g/mol. The van der Waals surface area contributed by atoms with Crippen molar-refractivity contribution >= 4 is 15.9 Å². The molecule has 0 aromatic carbocycles. The number of nitrogens with zero attached hydrogens (tertiary/aromatic N) is 1. The van der Waals surface area contributed by atoms with Crippen LogP contribution in [0.3, 0.4) is 0 Å². The number of aromatic nitrogens is 1. The highest BCUT2D eigenvalue weighted by molar-refractivity contribution is 7.89. The van der Waals surface area contributed by atoms with E-state index in [-0.39, 0.29) is 29.9 Å². The topological polar surface area (TPSA) is 134 Å². The van der Waals surface area contributed by atoms with E-state index in [1.54, 1.807) is 12.1 Å². The van der Waals surface area contributed by atoms with Crippen molar-refractivity contribution in [3.05, 3.63) is 24.4 Å². The number of aliphatic hydroxyl groups is 1. The van der Waals surface area contributed by atoms with Gasteiger partial charge in [0.2, 0.25) is 5.91 Å². The maximum atomic E-state index is 11.9. The van der Waals surface area contributed by atoms with Crippen LogP contribution >= 0.6 is 0 Å². The Bertz CT molecular complexity index is 592. The first-order valence-electron chi connectivity index (χ1n) is 7.34. The Hall–Kier alpha value is -1.55. The predicted molar refractivity (Wildman–Crippen MR) is 85.9 cm³/mol. The van der Waals surface area contributed by atoms with Crippen molar-refractivity contribution in [2.24, 2.45) is 11.7 Å². The third-order valence-electron chi connectivity index (χ3n) is 3.00.